The first-order valence-corrected chi connectivity index (χ1v) is 8.69. The molecule has 4 rings (SSSR count). The Morgan fingerprint density at radius 3 is 2.84 bits per heavy atom. The molecule has 2 aromatic rings. The number of rotatable bonds is 4. The molecule has 0 spiro atoms. The Kier molecular flexibility index (Phi) is 4.18. The van der Waals surface area contributed by atoms with Gasteiger partial charge in [0.2, 0.25) is 12.7 Å². The van der Waals surface area contributed by atoms with E-state index >= 15 is 0 Å². The fourth-order valence-corrected chi connectivity index (χ4v) is 3.39. The minimum atomic E-state index is -0.106. The number of ether oxygens (including phenoxy) is 2. The highest BCUT2D eigenvalue weighted by Crippen LogP contribution is 2.32. The number of hydrogen-bond donors (Lipinski definition) is 1. The summed E-state index contributed by atoms with van der Waals surface area (Å²) in [5.41, 5.74) is 4.94. The third kappa shape index (κ3) is 3.38. The molecule has 0 bridgehead atoms. The summed E-state index contributed by atoms with van der Waals surface area (Å²) in [6.07, 6.45) is 6.90. The number of fused-ring (bicyclic) bond motifs is 2. The topological polar surface area (TPSA) is 47.6 Å². The molecule has 0 saturated heterocycles. The lowest BCUT2D eigenvalue weighted by molar-refractivity contribution is -0.117. The van der Waals surface area contributed by atoms with Crippen molar-refractivity contribution in [1.82, 2.24) is 5.32 Å². The van der Waals surface area contributed by atoms with E-state index in [1.807, 2.05) is 25.1 Å². The van der Waals surface area contributed by atoms with Crippen molar-refractivity contribution in [2.75, 3.05) is 6.79 Å². The Hall–Kier alpha value is -2.75. The fourth-order valence-electron chi connectivity index (χ4n) is 3.39. The van der Waals surface area contributed by atoms with Crippen molar-refractivity contribution in [3.63, 3.8) is 0 Å². The molecule has 1 unspecified atom stereocenters. The van der Waals surface area contributed by atoms with E-state index in [0.717, 1.165) is 23.3 Å². The number of carbonyl (C=O) groups excluding carboxylic acids is 1. The fraction of sp³-hybridized carbons (Fsp3) is 0.286. The van der Waals surface area contributed by atoms with Gasteiger partial charge in [0.15, 0.2) is 11.5 Å². The maximum atomic E-state index is 12.2. The summed E-state index contributed by atoms with van der Waals surface area (Å²) >= 11 is 0. The predicted molar refractivity (Wildman–Crippen MR) is 96.6 cm³/mol. The second kappa shape index (κ2) is 6.63. The van der Waals surface area contributed by atoms with Gasteiger partial charge in [-0.2, -0.15) is 0 Å². The van der Waals surface area contributed by atoms with Crippen LogP contribution in [0.5, 0.6) is 11.5 Å². The summed E-state index contributed by atoms with van der Waals surface area (Å²) in [5, 5.41) is 3.03. The second-order valence-electron chi connectivity index (χ2n) is 6.56. The standard InChI is InChI=1S/C21H21NO3/c1-14(17-8-7-16-3-2-4-18(16)12-17)22-21(23)10-6-15-5-9-19-20(11-15)25-13-24-19/h5-12,14H,2-4,13H2,1H3,(H,22,23)/b10-6+. The molecule has 0 saturated carbocycles. The second-order valence-corrected chi connectivity index (χ2v) is 6.56. The van der Waals surface area contributed by atoms with E-state index in [4.69, 9.17) is 9.47 Å². The van der Waals surface area contributed by atoms with Gasteiger partial charge in [-0.25, -0.2) is 0 Å². The molecule has 4 nitrogen and oxygen atoms in total. The molecule has 128 valence electrons. The van der Waals surface area contributed by atoms with E-state index in [1.165, 1.54) is 24.0 Å². The lowest BCUT2D eigenvalue weighted by atomic mass is 10.0. The summed E-state index contributed by atoms with van der Waals surface area (Å²) in [7, 11) is 0. The van der Waals surface area contributed by atoms with E-state index < -0.39 is 0 Å². The van der Waals surface area contributed by atoms with Gasteiger partial charge in [0.05, 0.1) is 6.04 Å². The molecule has 1 atom stereocenters. The van der Waals surface area contributed by atoms with Crippen LogP contribution in [-0.2, 0) is 17.6 Å². The van der Waals surface area contributed by atoms with Crippen molar-refractivity contribution in [2.45, 2.75) is 32.2 Å². The summed E-state index contributed by atoms with van der Waals surface area (Å²) in [6, 6.07) is 12.2. The summed E-state index contributed by atoms with van der Waals surface area (Å²) in [6.45, 7) is 2.27. The van der Waals surface area contributed by atoms with E-state index in [-0.39, 0.29) is 18.7 Å². The maximum absolute atomic E-state index is 12.2. The molecule has 2 aromatic carbocycles. The zero-order chi connectivity index (χ0) is 17.2. The molecule has 1 heterocycles. The van der Waals surface area contributed by atoms with Gasteiger partial charge in [0.25, 0.3) is 0 Å². The molecule has 4 heteroatoms. The minimum Gasteiger partial charge on any atom is -0.454 e. The normalized spacial score (nSPS) is 16.0. The number of carbonyl (C=O) groups is 1. The van der Waals surface area contributed by atoms with Gasteiger partial charge in [0.1, 0.15) is 0 Å². The van der Waals surface area contributed by atoms with E-state index in [0.29, 0.717) is 5.75 Å². The number of amides is 1. The molecule has 0 fully saturated rings. The lowest BCUT2D eigenvalue weighted by Crippen LogP contribution is -2.24. The first-order chi connectivity index (χ1) is 12.2. The maximum Gasteiger partial charge on any atom is 0.244 e. The Morgan fingerprint density at radius 2 is 1.92 bits per heavy atom. The Morgan fingerprint density at radius 1 is 1.08 bits per heavy atom. The van der Waals surface area contributed by atoms with Crippen LogP contribution in [0.1, 0.15) is 41.6 Å². The highest BCUT2D eigenvalue weighted by atomic mass is 16.7. The van der Waals surface area contributed by atoms with Crippen LogP contribution in [0.3, 0.4) is 0 Å². The monoisotopic (exact) mass is 335 g/mol. The molecular weight excluding hydrogens is 314 g/mol. The Labute approximate surface area is 147 Å². The van der Waals surface area contributed by atoms with Crippen LogP contribution in [0.25, 0.3) is 6.08 Å². The highest BCUT2D eigenvalue weighted by Gasteiger charge is 2.15. The van der Waals surface area contributed by atoms with Crippen molar-refractivity contribution in [2.24, 2.45) is 0 Å². The quantitative estimate of drug-likeness (QED) is 0.865. The third-order valence-corrected chi connectivity index (χ3v) is 4.81. The van der Waals surface area contributed by atoms with Crippen LogP contribution in [0.15, 0.2) is 42.5 Å². The van der Waals surface area contributed by atoms with E-state index in [1.54, 1.807) is 12.2 Å². The van der Waals surface area contributed by atoms with Crippen LogP contribution in [-0.4, -0.2) is 12.7 Å². The third-order valence-electron chi connectivity index (χ3n) is 4.81. The molecule has 1 aliphatic heterocycles. The van der Waals surface area contributed by atoms with Gasteiger partial charge in [0, 0.05) is 6.08 Å². The van der Waals surface area contributed by atoms with E-state index in [9.17, 15) is 4.79 Å². The molecule has 0 radical (unpaired) electrons. The smallest absolute Gasteiger partial charge is 0.244 e. The van der Waals surface area contributed by atoms with Gasteiger partial charge in [-0.1, -0.05) is 24.3 Å². The molecular formula is C21H21NO3. The van der Waals surface area contributed by atoms with Crippen LogP contribution in [0.2, 0.25) is 0 Å². The average Bonchev–Trinajstić information content (AvgIpc) is 3.27. The molecule has 1 N–H and O–H groups in total. The first kappa shape index (κ1) is 15.8. The number of nitrogens with one attached hydrogen (secondary N) is 1. The average molecular weight is 335 g/mol. The summed E-state index contributed by atoms with van der Waals surface area (Å²) < 4.78 is 10.6. The molecule has 0 aromatic heterocycles. The van der Waals surface area contributed by atoms with Gasteiger partial charge >= 0.3 is 0 Å². The molecule has 25 heavy (non-hydrogen) atoms. The van der Waals surface area contributed by atoms with Gasteiger partial charge in [-0.15, -0.1) is 0 Å². The van der Waals surface area contributed by atoms with Crippen molar-refractivity contribution in [3.8, 4) is 11.5 Å². The predicted octanol–water partition coefficient (Wildman–Crippen LogP) is 3.79. The number of aryl methyl sites for hydroxylation is 2. The Bertz CT molecular complexity index is 841. The van der Waals surface area contributed by atoms with Gasteiger partial charge in [-0.3, -0.25) is 4.79 Å². The van der Waals surface area contributed by atoms with Gasteiger partial charge < -0.3 is 14.8 Å². The lowest BCUT2D eigenvalue weighted by Gasteiger charge is -2.14. The van der Waals surface area contributed by atoms with Crippen molar-refractivity contribution in [3.05, 3.63) is 64.7 Å². The highest BCUT2D eigenvalue weighted by molar-refractivity contribution is 5.92. The van der Waals surface area contributed by atoms with Gasteiger partial charge in [-0.05, 0) is 66.6 Å². The SMILES string of the molecule is CC(NC(=O)/C=C/c1ccc2c(c1)OCO2)c1ccc2c(c1)CCC2. The number of benzene rings is 2. The van der Waals surface area contributed by atoms with E-state index in [2.05, 4.69) is 23.5 Å². The first-order valence-electron chi connectivity index (χ1n) is 8.69. The van der Waals surface area contributed by atoms with Crippen LogP contribution in [0.4, 0.5) is 0 Å². The van der Waals surface area contributed by atoms with Crippen molar-refractivity contribution >= 4 is 12.0 Å². The van der Waals surface area contributed by atoms with Crippen LogP contribution in [0, 0.1) is 0 Å². The molecule has 2 aliphatic rings. The Balaban J connectivity index is 1.39. The summed E-state index contributed by atoms with van der Waals surface area (Å²) in [4.78, 5) is 12.2. The molecule has 1 aliphatic carbocycles. The number of hydrogen-bond acceptors (Lipinski definition) is 3. The minimum absolute atomic E-state index is 0.0141. The van der Waals surface area contributed by atoms with Crippen molar-refractivity contribution < 1.29 is 14.3 Å². The molecule has 1 amide bonds. The van der Waals surface area contributed by atoms with Crippen LogP contribution < -0.4 is 14.8 Å². The zero-order valence-electron chi connectivity index (χ0n) is 14.2. The van der Waals surface area contributed by atoms with Crippen molar-refractivity contribution in [1.29, 1.82) is 0 Å². The summed E-state index contributed by atoms with van der Waals surface area (Å²) in [5.74, 6) is 1.35. The largest absolute Gasteiger partial charge is 0.454 e. The van der Waals surface area contributed by atoms with Crippen LogP contribution >= 0.6 is 0 Å². The zero-order valence-corrected chi connectivity index (χ0v) is 14.2.